The van der Waals surface area contributed by atoms with Gasteiger partial charge in [0, 0.05) is 29.4 Å². The first-order valence-electron chi connectivity index (χ1n) is 7.75. The second-order valence-corrected chi connectivity index (χ2v) is 6.28. The molecule has 1 amide bonds. The van der Waals surface area contributed by atoms with Gasteiger partial charge in [-0.3, -0.25) is 9.48 Å². The Labute approximate surface area is 150 Å². The van der Waals surface area contributed by atoms with Crippen LogP contribution in [-0.2, 0) is 0 Å². The van der Waals surface area contributed by atoms with Crippen molar-refractivity contribution in [3.05, 3.63) is 64.6 Å². The smallest absolute Gasteiger partial charge is 0.251 e. The Hall–Kier alpha value is -2.80. The van der Waals surface area contributed by atoms with Crippen LogP contribution in [0.25, 0.3) is 0 Å². The van der Waals surface area contributed by atoms with E-state index in [2.05, 4.69) is 10.4 Å². The van der Waals surface area contributed by atoms with E-state index in [1.165, 1.54) is 0 Å². The maximum absolute atomic E-state index is 12.5. The third-order valence-corrected chi connectivity index (χ3v) is 4.79. The summed E-state index contributed by atoms with van der Waals surface area (Å²) in [5, 5.41) is 9.30. The Morgan fingerprint density at radius 3 is 2.72 bits per heavy atom. The van der Waals surface area contributed by atoms with Crippen molar-refractivity contribution < 1.29 is 14.3 Å². The second-order valence-electron chi connectivity index (χ2n) is 5.30. The van der Waals surface area contributed by atoms with Gasteiger partial charge < -0.3 is 14.8 Å². The topological polar surface area (TPSA) is 65.4 Å². The molecule has 1 N–H and O–H groups in total. The fourth-order valence-electron chi connectivity index (χ4n) is 2.54. The number of carbonyl (C=O) groups is 1. The number of methoxy groups -OCH3 is 2. The maximum atomic E-state index is 12.5. The number of aromatic nitrogens is 2. The highest BCUT2D eigenvalue weighted by Gasteiger charge is 2.17. The first-order chi connectivity index (χ1) is 12.2. The van der Waals surface area contributed by atoms with E-state index in [0.717, 1.165) is 4.88 Å². The molecule has 0 saturated carbocycles. The van der Waals surface area contributed by atoms with Gasteiger partial charge in [-0.25, -0.2) is 0 Å². The number of ether oxygens (including phenoxy) is 2. The molecule has 0 spiro atoms. The van der Waals surface area contributed by atoms with Crippen molar-refractivity contribution in [2.45, 2.75) is 6.04 Å². The zero-order valence-corrected chi connectivity index (χ0v) is 14.8. The number of thiophene rings is 1. The molecule has 0 bridgehead atoms. The van der Waals surface area contributed by atoms with E-state index in [-0.39, 0.29) is 11.9 Å². The number of carbonyl (C=O) groups excluding carboxylic acids is 1. The third-order valence-electron chi connectivity index (χ3n) is 3.82. The first kappa shape index (κ1) is 17.0. The highest BCUT2D eigenvalue weighted by Crippen LogP contribution is 2.27. The van der Waals surface area contributed by atoms with Crippen LogP contribution in [0.1, 0.15) is 21.3 Å². The van der Waals surface area contributed by atoms with E-state index in [0.29, 0.717) is 23.6 Å². The Kier molecular flexibility index (Phi) is 5.35. The molecule has 0 aliphatic heterocycles. The number of rotatable bonds is 7. The highest BCUT2D eigenvalue weighted by molar-refractivity contribution is 7.10. The highest BCUT2D eigenvalue weighted by atomic mass is 32.1. The van der Waals surface area contributed by atoms with Crippen molar-refractivity contribution in [2.75, 3.05) is 20.8 Å². The zero-order chi connectivity index (χ0) is 17.6. The Morgan fingerprint density at radius 2 is 2.08 bits per heavy atom. The van der Waals surface area contributed by atoms with E-state index in [1.807, 2.05) is 34.5 Å². The molecule has 1 aromatic carbocycles. The second kappa shape index (κ2) is 7.85. The molecule has 130 valence electrons. The molecule has 3 rings (SSSR count). The summed E-state index contributed by atoms with van der Waals surface area (Å²) < 4.78 is 12.3. The Bertz CT molecular complexity index is 782. The number of hydrogen-bond acceptors (Lipinski definition) is 5. The lowest BCUT2D eigenvalue weighted by Crippen LogP contribution is -2.31. The van der Waals surface area contributed by atoms with Crippen LogP contribution in [0.5, 0.6) is 11.5 Å². The van der Waals surface area contributed by atoms with Gasteiger partial charge in [0.25, 0.3) is 5.91 Å². The minimum absolute atomic E-state index is 0.0425. The molecule has 0 saturated heterocycles. The molecule has 0 fully saturated rings. The van der Waals surface area contributed by atoms with Crippen LogP contribution >= 0.6 is 11.3 Å². The Balaban J connectivity index is 1.74. The minimum Gasteiger partial charge on any atom is -0.493 e. The molecule has 3 aromatic rings. The van der Waals surface area contributed by atoms with Crippen LogP contribution in [-0.4, -0.2) is 36.5 Å². The lowest BCUT2D eigenvalue weighted by atomic mass is 10.1. The molecule has 1 atom stereocenters. The standard InChI is InChI=1S/C18H19N3O3S/c1-23-15-7-6-13(11-16(15)24-2)18(22)19-12-14(17-5-3-10-25-17)21-9-4-8-20-21/h3-11,14H,12H2,1-2H3,(H,19,22). The molecule has 6 nitrogen and oxygen atoms in total. The molecule has 2 aromatic heterocycles. The van der Waals surface area contributed by atoms with Crippen LogP contribution in [0.15, 0.2) is 54.2 Å². The van der Waals surface area contributed by atoms with Crippen LogP contribution in [0, 0.1) is 0 Å². The van der Waals surface area contributed by atoms with Crippen molar-refractivity contribution in [3.8, 4) is 11.5 Å². The quantitative estimate of drug-likeness (QED) is 0.706. The number of benzene rings is 1. The third kappa shape index (κ3) is 3.83. The lowest BCUT2D eigenvalue weighted by molar-refractivity contribution is 0.0949. The number of amides is 1. The lowest BCUT2D eigenvalue weighted by Gasteiger charge is -2.17. The summed E-state index contributed by atoms with van der Waals surface area (Å²) in [6.07, 6.45) is 3.63. The molecular formula is C18H19N3O3S. The molecule has 0 aliphatic rings. The van der Waals surface area contributed by atoms with Gasteiger partial charge in [0.1, 0.15) is 6.04 Å². The monoisotopic (exact) mass is 357 g/mol. The van der Waals surface area contributed by atoms with Crippen molar-refractivity contribution in [2.24, 2.45) is 0 Å². The van der Waals surface area contributed by atoms with Gasteiger partial charge in [0.15, 0.2) is 11.5 Å². The van der Waals surface area contributed by atoms with Gasteiger partial charge in [-0.1, -0.05) is 6.07 Å². The number of nitrogens with one attached hydrogen (secondary N) is 1. The van der Waals surface area contributed by atoms with E-state index in [4.69, 9.17) is 9.47 Å². The average molecular weight is 357 g/mol. The molecule has 7 heteroatoms. The van der Waals surface area contributed by atoms with E-state index < -0.39 is 0 Å². The van der Waals surface area contributed by atoms with E-state index in [1.54, 1.807) is 50.0 Å². The predicted octanol–water partition coefficient (Wildman–Crippen LogP) is 2.98. The largest absolute Gasteiger partial charge is 0.493 e. The zero-order valence-electron chi connectivity index (χ0n) is 14.0. The van der Waals surface area contributed by atoms with Crippen LogP contribution in [0.4, 0.5) is 0 Å². The van der Waals surface area contributed by atoms with Crippen LogP contribution in [0.2, 0.25) is 0 Å². The molecule has 25 heavy (non-hydrogen) atoms. The molecule has 2 heterocycles. The van der Waals surface area contributed by atoms with Crippen molar-refractivity contribution in [3.63, 3.8) is 0 Å². The van der Waals surface area contributed by atoms with Crippen LogP contribution < -0.4 is 14.8 Å². The summed E-state index contributed by atoms with van der Waals surface area (Å²) in [6.45, 7) is 0.440. The summed E-state index contributed by atoms with van der Waals surface area (Å²) >= 11 is 1.64. The number of nitrogens with zero attached hydrogens (tertiary/aromatic N) is 2. The van der Waals surface area contributed by atoms with Gasteiger partial charge in [0.05, 0.1) is 14.2 Å². The summed E-state index contributed by atoms with van der Waals surface area (Å²) in [6, 6.07) is 11.0. The van der Waals surface area contributed by atoms with E-state index in [9.17, 15) is 4.79 Å². The van der Waals surface area contributed by atoms with Crippen molar-refractivity contribution >= 4 is 17.2 Å². The molecule has 1 unspecified atom stereocenters. The van der Waals surface area contributed by atoms with Crippen LogP contribution in [0.3, 0.4) is 0 Å². The van der Waals surface area contributed by atoms with Gasteiger partial charge in [-0.15, -0.1) is 11.3 Å². The van der Waals surface area contributed by atoms with Gasteiger partial charge in [-0.2, -0.15) is 5.10 Å². The maximum Gasteiger partial charge on any atom is 0.251 e. The minimum atomic E-state index is -0.172. The number of hydrogen-bond donors (Lipinski definition) is 1. The summed E-state index contributed by atoms with van der Waals surface area (Å²) in [5.41, 5.74) is 0.517. The Morgan fingerprint density at radius 1 is 1.24 bits per heavy atom. The van der Waals surface area contributed by atoms with Gasteiger partial charge in [0.2, 0.25) is 0 Å². The normalized spacial score (nSPS) is 11.8. The fraction of sp³-hybridized carbons (Fsp3) is 0.222. The molecule has 0 radical (unpaired) electrons. The summed E-state index contributed by atoms with van der Waals surface area (Å²) in [4.78, 5) is 13.7. The summed E-state index contributed by atoms with van der Waals surface area (Å²) in [5.74, 6) is 0.943. The van der Waals surface area contributed by atoms with Gasteiger partial charge in [-0.05, 0) is 35.7 Å². The SMILES string of the molecule is COc1ccc(C(=O)NCC(c2cccs2)n2cccn2)cc1OC. The summed E-state index contributed by atoms with van der Waals surface area (Å²) in [7, 11) is 3.11. The predicted molar refractivity (Wildman–Crippen MR) is 96.6 cm³/mol. The van der Waals surface area contributed by atoms with Crippen molar-refractivity contribution in [1.82, 2.24) is 15.1 Å². The van der Waals surface area contributed by atoms with E-state index >= 15 is 0 Å². The molecular weight excluding hydrogens is 338 g/mol. The van der Waals surface area contributed by atoms with Gasteiger partial charge >= 0.3 is 0 Å². The molecule has 0 aliphatic carbocycles. The van der Waals surface area contributed by atoms with Crippen molar-refractivity contribution in [1.29, 1.82) is 0 Å². The fourth-order valence-corrected chi connectivity index (χ4v) is 3.36. The average Bonchev–Trinajstić information content (AvgIpc) is 3.35. The first-order valence-corrected chi connectivity index (χ1v) is 8.63.